The molecular weight excluding hydrogens is 270 g/mol. The van der Waals surface area contributed by atoms with Gasteiger partial charge in [-0.15, -0.1) is 0 Å². The number of aliphatic hydroxyl groups excluding tert-OH is 1. The molecule has 116 valence electrons. The molecule has 6 nitrogen and oxygen atoms in total. The van der Waals surface area contributed by atoms with E-state index in [9.17, 15) is 4.79 Å². The third-order valence-electron chi connectivity index (χ3n) is 2.59. The molecule has 0 radical (unpaired) electrons. The number of nitrogens with two attached hydrogens (primary N) is 1. The molecule has 1 aromatic carbocycles. The van der Waals surface area contributed by atoms with Gasteiger partial charge in [0, 0.05) is 6.54 Å². The highest BCUT2D eigenvalue weighted by atomic mass is 16.6. The van der Waals surface area contributed by atoms with Crippen LogP contribution in [0.5, 0.6) is 0 Å². The summed E-state index contributed by atoms with van der Waals surface area (Å²) in [6, 6.07) is 7.22. The monoisotopic (exact) mass is 293 g/mol. The smallest absolute Gasteiger partial charge is 0.410 e. The molecule has 0 atom stereocenters. The second-order valence-electron chi connectivity index (χ2n) is 5.84. The molecule has 0 unspecified atom stereocenters. The number of rotatable bonds is 5. The number of nitrogens with one attached hydrogen (secondary N) is 1. The van der Waals surface area contributed by atoms with E-state index in [1.165, 1.54) is 4.90 Å². The van der Waals surface area contributed by atoms with Gasteiger partial charge in [0.1, 0.15) is 11.4 Å². The predicted molar refractivity (Wildman–Crippen MR) is 80.9 cm³/mol. The Hall–Kier alpha value is -2.08. The zero-order chi connectivity index (χ0) is 16.0. The van der Waals surface area contributed by atoms with Crippen LogP contribution >= 0.6 is 0 Å². The standard InChI is InChI=1S/C15H23N3O3/c1-15(2,3)21-14(20)18(9-13(16)17)8-11-4-6-12(10-19)7-5-11/h4-7,19H,8-10H2,1-3H3,(H3,16,17). The number of benzene rings is 1. The minimum absolute atomic E-state index is 0.0106. The molecule has 0 aliphatic heterocycles. The SMILES string of the molecule is CC(C)(C)OC(=O)N(CC(=N)N)Cc1ccc(CO)cc1. The number of hydrogen-bond acceptors (Lipinski definition) is 4. The highest BCUT2D eigenvalue weighted by Gasteiger charge is 2.22. The largest absolute Gasteiger partial charge is 0.444 e. The molecule has 0 bridgehead atoms. The molecule has 4 N–H and O–H groups in total. The van der Waals surface area contributed by atoms with Crippen LogP contribution in [0.15, 0.2) is 24.3 Å². The molecule has 0 aliphatic rings. The van der Waals surface area contributed by atoms with Crippen LogP contribution in [0.4, 0.5) is 4.79 Å². The lowest BCUT2D eigenvalue weighted by Crippen LogP contribution is -2.41. The highest BCUT2D eigenvalue weighted by molar-refractivity contribution is 5.83. The number of amides is 1. The van der Waals surface area contributed by atoms with Crippen LogP contribution in [0.25, 0.3) is 0 Å². The van der Waals surface area contributed by atoms with Crippen molar-refractivity contribution < 1.29 is 14.6 Å². The van der Waals surface area contributed by atoms with Gasteiger partial charge in [-0.3, -0.25) is 10.3 Å². The molecule has 1 rings (SSSR count). The van der Waals surface area contributed by atoms with E-state index in [1.54, 1.807) is 32.9 Å². The third-order valence-corrected chi connectivity index (χ3v) is 2.59. The van der Waals surface area contributed by atoms with Crippen molar-refractivity contribution in [3.05, 3.63) is 35.4 Å². The predicted octanol–water partition coefficient (Wildman–Crippen LogP) is 1.85. The fraction of sp³-hybridized carbons (Fsp3) is 0.467. The minimum Gasteiger partial charge on any atom is -0.444 e. The second-order valence-corrected chi connectivity index (χ2v) is 5.84. The van der Waals surface area contributed by atoms with E-state index in [0.717, 1.165) is 11.1 Å². The van der Waals surface area contributed by atoms with Gasteiger partial charge in [-0.2, -0.15) is 0 Å². The Morgan fingerprint density at radius 1 is 1.29 bits per heavy atom. The number of nitrogens with zero attached hydrogens (tertiary/aromatic N) is 1. The van der Waals surface area contributed by atoms with E-state index in [-0.39, 0.29) is 19.0 Å². The molecule has 0 saturated heterocycles. The summed E-state index contributed by atoms with van der Waals surface area (Å²) in [4.78, 5) is 13.5. The Morgan fingerprint density at radius 2 is 1.81 bits per heavy atom. The molecular formula is C15H23N3O3. The Balaban J connectivity index is 2.81. The first-order valence-electron chi connectivity index (χ1n) is 6.71. The number of ether oxygens (including phenoxy) is 1. The average Bonchev–Trinajstić information content (AvgIpc) is 2.36. The van der Waals surface area contributed by atoms with Crippen molar-refractivity contribution in [1.29, 1.82) is 5.41 Å². The van der Waals surface area contributed by atoms with Gasteiger partial charge in [-0.1, -0.05) is 24.3 Å². The minimum atomic E-state index is -0.604. The van der Waals surface area contributed by atoms with E-state index in [1.807, 2.05) is 12.1 Å². The van der Waals surface area contributed by atoms with Gasteiger partial charge >= 0.3 is 6.09 Å². The topological polar surface area (TPSA) is 99.6 Å². The van der Waals surface area contributed by atoms with Crippen molar-refractivity contribution in [3.8, 4) is 0 Å². The van der Waals surface area contributed by atoms with Gasteiger partial charge in [0.05, 0.1) is 13.2 Å². The quantitative estimate of drug-likeness (QED) is 0.570. The molecule has 1 amide bonds. The molecule has 1 aromatic rings. The number of amidine groups is 1. The van der Waals surface area contributed by atoms with E-state index in [0.29, 0.717) is 6.54 Å². The van der Waals surface area contributed by atoms with Gasteiger partial charge in [-0.05, 0) is 31.9 Å². The molecule has 6 heteroatoms. The van der Waals surface area contributed by atoms with Crippen LogP contribution in [0.2, 0.25) is 0 Å². The lowest BCUT2D eigenvalue weighted by atomic mass is 10.1. The molecule has 0 aromatic heterocycles. The lowest BCUT2D eigenvalue weighted by Gasteiger charge is -2.27. The summed E-state index contributed by atoms with van der Waals surface area (Å²) in [6.07, 6.45) is -0.510. The summed E-state index contributed by atoms with van der Waals surface area (Å²) in [5.41, 5.74) is 6.47. The Morgan fingerprint density at radius 3 is 2.24 bits per heavy atom. The fourth-order valence-electron chi connectivity index (χ4n) is 1.69. The van der Waals surface area contributed by atoms with E-state index < -0.39 is 11.7 Å². The Bertz CT molecular complexity index is 492. The molecule has 0 spiro atoms. The van der Waals surface area contributed by atoms with Crippen molar-refractivity contribution in [3.63, 3.8) is 0 Å². The molecule has 21 heavy (non-hydrogen) atoms. The highest BCUT2D eigenvalue weighted by Crippen LogP contribution is 2.13. The van der Waals surface area contributed by atoms with Crippen LogP contribution in [-0.2, 0) is 17.9 Å². The van der Waals surface area contributed by atoms with Gasteiger partial charge in [0.25, 0.3) is 0 Å². The van der Waals surface area contributed by atoms with Crippen molar-refractivity contribution in [2.75, 3.05) is 6.54 Å². The Kier molecular flexibility index (Phi) is 5.72. The van der Waals surface area contributed by atoms with E-state index in [4.69, 9.17) is 21.0 Å². The molecule has 0 heterocycles. The first kappa shape index (κ1) is 17.0. The number of carbonyl (C=O) groups is 1. The zero-order valence-corrected chi connectivity index (χ0v) is 12.7. The van der Waals surface area contributed by atoms with Gasteiger partial charge in [-0.25, -0.2) is 4.79 Å². The zero-order valence-electron chi connectivity index (χ0n) is 12.7. The van der Waals surface area contributed by atoms with Crippen LogP contribution in [0, 0.1) is 5.41 Å². The maximum absolute atomic E-state index is 12.1. The third kappa shape index (κ3) is 6.27. The Labute approximate surface area is 125 Å². The second kappa shape index (κ2) is 7.08. The van der Waals surface area contributed by atoms with Crippen molar-refractivity contribution in [1.82, 2.24) is 4.90 Å². The van der Waals surface area contributed by atoms with Crippen LogP contribution in [-0.4, -0.2) is 34.1 Å². The van der Waals surface area contributed by atoms with Crippen molar-refractivity contribution in [2.24, 2.45) is 5.73 Å². The number of carbonyl (C=O) groups excluding carboxylic acids is 1. The first-order valence-corrected chi connectivity index (χ1v) is 6.71. The first-order chi connectivity index (χ1) is 9.71. The van der Waals surface area contributed by atoms with Crippen LogP contribution in [0.3, 0.4) is 0 Å². The summed E-state index contributed by atoms with van der Waals surface area (Å²) in [5.74, 6) is -0.104. The van der Waals surface area contributed by atoms with Gasteiger partial charge in [0.2, 0.25) is 0 Å². The summed E-state index contributed by atoms with van der Waals surface area (Å²) in [5, 5.41) is 16.4. The number of hydrogen-bond donors (Lipinski definition) is 3. The number of aliphatic hydroxyl groups is 1. The fourth-order valence-corrected chi connectivity index (χ4v) is 1.69. The van der Waals surface area contributed by atoms with Crippen molar-refractivity contribution in [2.45, 2.75) is 39.5 Å². The summed E-state index contributed by atoms with van der Waals surface area (Å²) in [7, 11) is 0. The van der Waals surface area contributed by atoms with Crippen molar-refractivity contribution >= 4 is 11.9 Å². The van der Waals surface area contributed by atoms with Crippen LogP contribution in [0.1, 0.15) is 31.9 Å². The van der Waals surface area contributed by atoms with Gasteiger partial charge < -0.3 is 15.6 Å². The van der Waals surface area contributed by atoms with E-state index >= 15 is 0 Å². The maximum Gasteiger partial charge on any atom is 0.410 e. The van der Waals surface area contributed by atoms with Crippen LogP contribution < -0.4 is 5.73 Å². The van der Waals surface area contributed by atoms with E-state index in [2.05, 4.69) is 0 Å². The molecule has 0 aliphatic carbocycles. The summed E-state index contributed by atoms with van der Waals surface area (Å²) < 4.78 is 5.31. The molecule has 0 fully saturated rings. The average molecular weight is 293 g/mol. The van der Waals surface area contributed by atoms with Gasteiger partial charge in [0.15, 0.2) is 0 Å². The summed E-state index contributed by atoms with van der Waals surface area (Å²) in [6.45, 7) is 5.63. The summed E-state index contributed by atoms with van der Waals surface area (Å²) >= 11 is 0. The maximum atomic E-state index is 12.1. The lowest BCUT2D eigenvalue weighted by molar-refractivity contribution is 0.0263. The normalized spacial score (nSPS) is 11.0. The molecule has 0 saturated carbocycles.